The number of aryl methyl sites for hydroxylation is 1. The monoisotopic (exact) mass is 427 g/mol. The molecule has 1 heterocycles. The molecule has 1 saturated heterocycles. The number of ether oxygens (including phenoxy) is 1. The van der Waals surface area contributed by atoms with Crippen LogP contribution >= 0.6 is 0 Å². The molecule has 3 rings (SSSR count). The third-order valence-corrected chi connectivity index (χ3v) is 6.74. The number of carbonyl (C=O) groups is 2. The van der Waals surface area contributed by atoms with Crippen LogP contribution < -0.4 is 0 Å². The lowest BCUT2D eigenvalue weighted by atomic mass is 10.1. The molecule has 30 heavy (non-hydrogen) atoms. The van der Waals surface area contributed by atoms with Crippen LogP contribution in [0.25, 0.3) is 0 Å². The van der Waals surface area contributed by atoms with Crippen molar-refractivity contribution in [3.05, 3.63) is 65.2 Å². The molecule has 0 aromatic heterocycles. The summed E-state index contributed by atoms with van der Waals surface area (Å²) in [6.07, 6.45) is 0. The number of carbonyl (C=O) groups excluding carboxylic acids is 2. The standard InChI is InChI=1S/C21H21N3O5S/c1-16-2-8-19(9-3-16)30(27,28)24-12-10-23(11-13-24)20(25)15-29-21(26)18-6-4-17(14-22)5-7-18/h2-9H,10-13,15H2,1H3. The Hall–Kier alpha value is -3.22. The van der Waals surface area contributed by atoms with Crippen LogP contribution in [0.3, 0.4) is 0 Å². The van der Waals surface area contributed by atoms with E-state index in [0.717, 1.165) is 5.56 Å². The number of nitrogens with zero attached hydrogens (tertiary/aromatic N) is 3. The van der Waals surface area contributed by atoms with Crippen molar-refractivity contribution in [2.45, 2.75) is 11.8 Å². The molecular formula is C21H21N3O5S. The maximum Gasteiger partial charge on any atom is 0.338 e. The van der Waals surface area contributed by atoms with Crippen LogP contribution in [0.15, 0.2) is 53.4 Å². The molecule has 1 aliphatic heterocycles. The summed E-state index contributed by atoms with van der Waals surface area (Å²) in [5, 5.41) is 8.77. The number of sulfonamides is 1. The maximum atomic E-state index is 12.7. The number of piperazine rings is 1. The summed E-state index contributed by atoms with van der Waals surface area (Å²) < 4.78 is 31.8. The fourth-order valence-electron chi connectivity index (χ4n) is 3.02. The Morgan fingerprint density at radius 1 is 1.00 bits per heavy atom. The number of hydrogen-bond acceptors (Lipinski definition) is 6. The van der Waals surface area contributed by atoms with Gasteiger partial charge in [0.25, 0.3) is 5.91 Å². The Kier molecular flexibility index (Phi) is 6.50. The predicted molar refractivity (Wildman–Crippen MR) is 108 cm³/mol. The van der Waals surface area contributed by atoms with Crippen LogP contribution in [0.5, 0.6) is 0 Å². The highest BCUT2D eigenvalue weighted by atomic mass is 32.2. The van der Waals surface area contributed by atoms with Crippen molar-refractivity contribution >= 4 is 21.9 Å². The summed E-state index contributed by atoms with van der Waals surface area (Å²) in [6.45, 7) is 2.24. The average Bonchev–Trinajstić information content (AvgIpc) is 2.77. The van der Waals surface area contributed by atoms with Gasteiger partial charge in [0.15, 0.2) is 6.61 Å². The molecule has 2 aromatic carbocycles. The third-order valence-electron chi connectivity index (χ3n) is 4.83. The number of esters is 1. The first-order chi connectivity index (χ1) is 14.3. The summed E-state index contributed by atoms with van der Waals surface area (Å²) in [6, 6.07) is 14.5. The number of nitriles is 1. The molecule has 0 spiro atoms. The van der Waals surface area contributed by atoms with Crippen LogP contribution in [-0.2, 0) is 19.6 Å². The summed E-state index contributed by atoms with van der Waals surface area (Å²) in [5.74, 6) is -1.04. The molecule has 0 bridgehead atoms. The first kappa shape index (κ1) is 21.5. The van der Waals surface area contributed by atoms with Crippen LogP contribution in [0, 0.1) is 18.3 Å². The quantitative estimate of drug-likeness (QED) is 0.670. The van der Waals surface area contributed by atoms with Gasteiger partial charge in [-0.2, -0.15) is 9.57 Å². The lowest BCUT2D eigenvalue weighted by Gasteiger charge is -2.33. The number of hydrogen-bond donors (Lipinski definition) is 0. The smallest absolute Gasteiger partial charge is 0.338 e. The molecule has 1 aliphatic rings. The van der Waals surface area contributed by atoms with E-state index in [2.05, 4.69) is 0 Å². The fraction of sp³-hybridized carbons (Fsp3) is 0.286. The van der Waals surface area contributed by atoms with Gasteiger partial charge in [-0.3, -0.25) is 4.79 Å². The van der Waals surface area contributed by atoms with Crippen molar-refractivity contribution in [2.75, 3.05) is 32.8 Å². The van der Waals surface area contributed by atoms with Crippen molar-refractivity contribution in [1.82, 2.24) is 9.21 Å². The van der Waals surface area contributed by atoms with E-state index < -0.39 is 22.6 Å². The molecular weight excluding hydrogens is 406 g/mol. The number of amides is 1. The highest BCUT2D eigenvalue weighted by molar-refractivity contribution is 7.89. The van der Waals surface area contributed by atoms with Gasteiger partial charge in [-0.15, -0.1) is 0 Å². The van der Waals surface area contributed by atoms with E-state index in [-0.39, 0.29) is 42.5 Å². The molecule has 0 radical (unpaired) electrons. The van der Waals surface area contributed by atoms with E-state index in [0.29, 0.717) is 5.56 Å². The molecule has 2 aromatic rings. The van der Waals surface area contributed by atoms with Crippen molar-refractivity contribution < 1.29 is 22.7 Å². The first-order valence-electron chi connectivity index (χ1n) is 9.33. The van der Waals surface area contributed by atoms with Gasteiger partial charge in [0.1, 0.15) is 0 Å². The van der Waals surface area contributed by atoms with Gasteiger partial charge in [-0.25, -0.2) is 13.2 Å². The highest BCUT2D eigenvalue weighted by Gasteiger charge is 2.30. The second-order valence-electron chi connectivity index (χ2n) is 6.86. The molecule has 0 unspecified atom stereocenters. The van der Waals surface area contributed by atoms with Crippen LogP contribution in [0.4, 0.5) is 0 Å². The largest absolute Gasteiger partial charge is 0.452 e. The Morgan fingerprint density at radius 2 is 1.60 bits per heavy atom. The van der Waals surface area contributed by atoms with E-state index in [1.54, 1.807) is 24.3 Å². The van der Waals surface area contributed by atoms with Gasteiger partial charge in [-0.1, -0.05) is 17.7 Å². The minimum absolute atomic E-state index is 0.172. The molecule has 1 fully saturated rings. The molecule has 1 amide bonds. The van der Waals surface area contributed by atoms with Gasteiger partial charge >= 0.3 is 5.97 Å². The summed E-state index contributed by atoms with van der Waals surface area (Å²) >= 11 is 0. The highest BCUT2D eigenvalue weighted by Crippen LogP contribution is 2.18. The Balaban J connectivity index is 1.52. The van der Waals surface area contributed by atoms with Crippen LogP contribution in [0.2, 0.25) is 0 Å². The van der Waals surface area contributed by atoms with E-state index in [1.165, 1.54) is 33.5 Å². The molecule has 0 atom stereocenters. The topological polar surface area (TPSA) is 108 Å². The average molecular weight is 427 g/mol. The zero-order chi connectivity index (χ0) is 21.7. The predicted octanol–water partition coefficient (Wildman–Crippen LogP) is 1.56. The first-order valence-corrected chi connectivity index (χ1v) is 10.8. The molecule has 9 heteroatoms. The molecule has 8 nitrogen and oxygen atoms in total. The molecule has 0 saturated carbocycles. The van der Waals surface area contributed by atoms with Crippen molar-refractivity contribution in [3.8, 4) is 6.07 Å². The zero-order valence-electron chi connectivity index (χ0n) is 16.4. The van der Waals surface area contributed by atoms with Gasteiger partial charge in [0.2, 0.25) is 10.0 Å². The zero-order valence-corrected chi connectivity index (χ0v) is 17.3. The van der Waals surface area contributed by atoms with Crippen molar-refractivity contribution in [1.29, 1.82) is 5.26 Å². The van der Waals surface area contributed by atoms with E-state index >= 15 is 0 Å². The normalized spacial score (nSPS) is 14.7. The van der Waals surface area contributed by atoms with E-state index in [9.17, 15) is 18.0 Å². The van der Waals surface area contributed by atoms with Gasteiger partial charge < -0.3 is 9.64 Å². The fourth-order valence-corrected chi connectivity index (χ4v) is 4.44. The van der Waals surface area contributed by atoms with Gasteiger partial charge in [-0.05, 0) is 43.3 Å². The maximum absolute atomic E-state index is 12.7. The minimum atomic E-state index is -3.61. The van der Waals surface area contributed by atoms with Crippen molar-refractivity contribution in [3.63, 3.8) is 0 Å². The number of benzene rings is 2. The lowest BCUT2D eigenvalue weighted by molar-refractivity contribution is -0.135. The van der Waals surface area contributed by atoms with Crippen LogP contribution in [0.1, 0.15) is 21.5 Å². The summed E-state index contributed by atoms with van der Waals surface area (Å²) in [5.41, 5.74) is 1.64. The lowest BCUT2D eigenvalue weighted by Crippen LogP contribution is -2.51. The number of rotatable bonds is 5. The van der Waals surface area contributed by atoms with Gasteiger partial charge in [0, 0.05) is 26.2 Å². The van der Waals surface area contributed by atoms with E-state index in [1.807, 2.05) is 13.0 Å². The molecule has 0 N–H and O–H groups in total. The van der Waals surface area contributed by atoms with Gasteiger partial charge in [0.05, 0.1) is 22.1 Å². The Bertz CT molecular complexity index is 1070. The van der Waals surface area contributed by atoms with Crippen LogP contribution in [-0.4, -0.2) is 62.3 Å². The molecule has 0 aliphatic carbocycles. The summed E-state index contributed by atoms with van der Waals surface area (Å²) in [7, 11) is -3.61. The second-order valence-corrected chi connectivity index (χ2v) is 8.80. The third kappa shape index (κ3) is 4.84. The van der Waals surface area contributed by atoms with E-state index in [4.69, 9.17) is 10.00 Å². The van der Waals surface area contributed by atoms with Crippen molar-refractivity contribution in [2.24, 2.45) is 0 Å². The second kappa shape index (κ2) is 9.07. The SMILES string of the molecule is Cc1ccc(S(=O)(=O)N2CCN(C(=O)COC(=O)c3ccc(C#N)cc3)CC2)cc1. The molecule has 156 valence electrons. The Morgan fingerprint density at radius 3 is 2.17 bits per heavy atom. The minimum Gasteiger partial charge on any atom is -0.452 e. The Labute approximate surface area is 175 Å². The summed E-state index contributed by atoms with van der Waals surface area (Å²) in [4.78, 5) is 26.1.